The Hall–Kier alpha value is -2.01. The molecule has 3 nitrogen and oxygen atoms in total. The molecule has 0 spiro atoms. The van der Waals surface area contributed by atoms with Crippen molar-refractivity contribution in [3.8, 4) is 0 Å². The topological polar surface area (TPSA) is 64.1 Å². The van der Waals surface area contributed by atoms with Gasteiger partial charge in [0.1, 0.15) is 10.8 Å². The number of halogens is 3. The maximum absolute atomic E-state index is 14.0. The highest BCUT2D eigenvalue weighted by atomic mass is 35.5. The maximum atomic E-state index is 14.0. The molecule has 0 saturated heterocycles. The maximum Gasteiger partial charge on any atom is 0.169 e. The number of nitrogen functional groups attached to an aromatic ring is 2. The molecule has 0 aliphatic carbocycles. The van der Waals surface area contributed by atoms with Crippen LogP contribution in [0.2, 0.25) is 5.02 Å². The predicted octanol–water partition coefficient (Wildman–Crippen LogP) is 3.83. The zero-order chi connectivity index (χ0) is 14.2. The first-order valence-corrected chi connectivity index (χ1v) is 5.84. The molecule has 0 atom stereocenters. The summed E-state index contributed by atoms with van der Waals surface area (Å²) in [6.45, 7) is 1.69. The van der Waals surface area contributed by atoms with Gasteiger partial charge in [0.15, 0.2) is 5.82 Å². The Morgan fingerprint density at radius 3 is 2.42 bits per heavy atom. The summed E-state index contributed by atoms with van der Waals surface area (Å²) in [5.41, 5.74) is 12.6. The number of benzene rings is 2. The van der Waals surface area contributed by atoms with Crippen LogP contribution in [0.4, 0.5) is 31.5 Å². The minimum Gasteiger partial charge on any atom is -0.397 e. The number of nitrogens with two attached hydrogens (primary N) is 2. The second kappa shape index (κ2) is 4.93. The van der Waals surface area contributed by atoms with E-state index in [0.29, 0.717) is 11.3 Å². The summed E-state index contributed by atoms with van der Waals surface area (Å²) in [4.78, 5) is 0. The first-order chi connectivity index (χ1) is 8.90. The highest BCUT2D eigenvalue weighted by Crippen LogP contribution is 2.36. The quantitative estimate of drug-likeness (QED) is 0.734. The lowest BCUT2D eigenvalue weighted by atomic mass is 10.1. The highest BCUT2D eigenvalue weighted by Gasteiger charge is 2.15. The zero-order valence-corrected chi connectivity index (χ0v) is 10.9. The monoisotopic (exact) mass is 283 g/mol. The molecular weight excluding hydrogens is 272 g/mol. The van der Waals surface area contributed by atoms with Crippen molar-refractivity contribution in [2.45, 2.75) is 6.92 Å². The molecule has 6 heteroatoms. The molecule has 19 heavy (non-hydrogen) atoms. The van der Waals surface area contributed by atoms with Gasteiger partial charge in [0.25, 0.3) is 0 Å². The van der Waals surface area contributed by atoms with E-state index in [-0.39, 0.29) is 27.9 Å². The van der Waals surface area contributed by atoms with Crippen molar-refractivity contribution in [3.05, 3.63) is 46.5 Å². The minimum atomic E-state index is -0.733. The number of aryl methyl sites for hydroxylation is 1. The van der Waals surface area contributed by atoms with Gasteiger partial charge in [-0.2, -0.15) is 0 Å². The Kier molecular flexibility index (Phi) is 3.48. The van der Waals surface area contributed by atoms with Crippen molar-refractivity contribution in [2.24, 2.45) is 0 Å². The minimum absolute atomic E-state index is 0.0221. The van der Waals surface area contributed by atoms with Crippen molar-refractivity contribution >= 4 is 34.4 Å². The molecule has 2 aromatic rings. The average molecular weight is 284 g/mol. The molecule has 0 aliphatic heterocycles. The molecule has 0 aromatic heterocycles. The van der Waals surface area contributed by atoms with Crippen LogP contribution in [0.15, 0.2) is 24.3 Å². The molecule has 2 aromatic carbocycles. The highest BCUT2D eigenvalue weighted by molar-refractivity contribution is 6.33. The molecule has 5 N–H and O–H groups in total. The average Bonchev–Trinajstić information content (AvgIpc) is 2.34. The number of hydrogen-bond donors (Lipinski definition) is 3. The van der Waals surface area contributed by atoms with E-state index in [2.05, 4.69) is 5.32 Å². The Labute approximate surface area is 114 Å². The second-order valence-corrected chi connectivity index (χ2v) is 4.52. The SMILES string of the molecule is Cc1cc(F)ccc1Nc1c(N)cc(N)c(Cl)c1F. The summed E-state index contributed by atoms with van der Waals surface area (Å²) in [7, 11) is 0. The van der Waals surface area contributed by atoms with Crippen LogP contribution < -0.4 is 16.8 Å². The third kappa shape index (κ3) is 2.56. The van der Waals surface area contributed by atoms with Gasteiger partial charge < -0.3 is 16.8 Å². The third-order valence-corrected chi connectivity index (χ3v) is 3.10. The fourth-order valence-electron chi connectivity index (χ4n) is 1.70. The Bertz CT molecular complexity index is 644. The van der Waals surface area contributed by atoms with E-state index < -0.39 is 5.82 Å². The molecule has 0 fully saturated rings. The van der Waals surface area contributed by atoms with Crippen molar-refractivity contribution < 1.29 is 8.78 Å². The van der Waals surface area contributed by atoms with E-state index in [4.69, 9.17) is 23.1 Å². The number of nitrogens with one attached hydrogen (secondary N) is 1. The van der Waals surface area contributed by atoms with Gasteiger partial charge >= 0.3 is 0 Å². The summed E-state index contributed by atoms with van der Waals surface area (Å²) in [6.07, 6.45) is 0. The summed E-state index contributed by atoms with van der Waals surface area (Å²) < 4.78 is 27.0. The largest absolute Gasteiger partial charge is 0.397 e. The second-order valence-electron chi connectivity index (χ2n) is 4.14. The van der Waals surface area contributed by atoms with E-state index in [9.17, 15) is 8.78 Å². The molecule has 0 aliphatic rings. The van der Waals surface area contributed by atoms with Gasteiger partial charge in [0.2, 0.25) is 0 Å². The van der Waals surface area contributed by atoms with Crippen LogP contribution in [0.25, 0.3) is 0 Å². The van der Waals surface area contributed by atoms with E-state index in [0.717, 1.165) is 0 Å². The lowest BCUT2D eigenvalue weighted by Crippen LogP contribution is -2.03. The summed E-state index contributed by atoms with van der Waals surface area (Å²) in [5, 5.41) is 2.60. The smallest absolute Gasteiger partial charge is 0.169 e. The third-order valence-electron chi connectivity index (χ3n) is 2.71. The molecule has 0 saturated carbocycles. The fraction of sp³-hybridized carbons (Fsp3) is 0.0769. The van der Waals surface area contributed by atoms with Crippen LogP contribution in [0.3, 0.4) is 0 Å². The molecule has 0 unspecified atom stereocenters. The molecule has 0 heterocycles. The fourth-order valence-corrected chi connectivity index (χ4v) is 1.84. The number of anilines is 4. The summed E-state index contributed by atoms with van der Waals surface area (Å²) in [6, 6.07) is 5.46. The van der Waals surface area contributed by atoms with Crippen molar-refractivity contribution in [1.29, 1.82) is 0 Å². The number of hydrogen-bond acceptors (Lipinski definition) is 3. The molecule has 0 radical (unpaired) electrons. The molecular formula is C13H12ClF2N3. The van der Waals surface area contributed by atoms with Crippen LogP contribution >= 0.6 is 11.6 Å². The van der Waals surface area contributed by atoms with Crippen molar-refractivity contribution in [3.63, 3.8) is 0 Å². The van der Waals surface area contributed by atoms with Gasteiger partial charge in [0, 0.05) is 5.69 Å². The van der Waals surface area contributed by atoms with Gasteiger partial charge in [-0.15, -0.1) is 0 Å². The molecule has 0 amide bonds. The van der Waals surface area contributed by atoms with Gasteiger partial charge in [-0.05, 0) is 36.8 Å². The van der Waals surface area contributed by atoms with E-state index in [1.807, 2.05) is 0 Å². The van der Waals surface area contributed by atoms with Crippen LogP contribution in [0, 0.1) is 18.6 Å². The van der Waals surface area contributed by atoms with Gasteiger partial charge in [-0.1, -0.05) is 11.6 Å². The van der Waals surface area contributed by atoms with Gasteiger partial charge in [0.05, 0.1) is 17.1 Å². The van der Waals surface area contributed by atoms with Crippen LogP contribution in [0.1, 0.15) is 5.56 Å². The summed E-state index contributed by atoms with van der Waals surface area (Å²) in [5.74, 6) is -1.10. The summed E-state index contributed by atoms with van der Waals surface area (Å²) >= 11 is 5.73. The molecule has 0 bridgehead atoms. The Morgan fingerprint density at radius 1 is 1.11 bits per heavy atom. The Morgan fingerprint density at radius 2 is 1.79 bits per heavy atom. The van der Waals surface area contributed by atoms with E-state index in [1.165, 1.54) is 24.3 Å². The zero-order valence-electron chi connectivity index (χ0n) is 10.1. The van der Waals surface area contributed by atoms with Crippen LogP contribution in [0.5, 0.6) is 0 Å². The van der Waals surface area contributed by atoms with E-state index in [1.54, 1.807) is 6.92 Å². The van der Waals surface area contributed by atoms with Crippen molar-refractivity contribution in [1.82, 2.24) is 0 Å². The van der Waals surface area contributed by atoms with Crippen LogP contribution in [-0.4, -0.2) is 0 Å². The van der Waals surface area contributed by atoms with Crippen LogP contribution in [-0.2, 0) is 0 Å². The lowest BCUT2D eigenvalue weighted by Gasteiger charge is -2.14. The first kappa shape index (κ1) is 13.4. The first-order valence-electron chi connectivity index (χ1n) is 5.46. The van der Waals surface area contributed by atoms with Gasteiger partial charge in [-0.3, -0.25) is 0 Å². The Balaban J connectivity index is 2.47. The lowest BCUT2D eigenvalue weighted by molar-refractivity contribution is 0.626. The standard InChI is InChI=1S/C13H12ClF2N3/c1-6-4-7(15)2-3-10(6)19-13-9(18)5-8(17)11(14)12(13)16/h2-5,19H,17-18H2,1H3. The van der Waals surface area contributed by atoms with Gasteiger partial charge in [-0.25, -0.2) is 8.78 Å². The molecule has 2 rings (SSSR count). The van der Waals surface area contributed by atoms with E-state index >= 15 is 0 Å². The molecule has 100 valence electrons. The number of rotatable bonds is 2. The predicted molar refractivity (Wildman–Crippen MR) is 74.7 cm³/mol. The van der Waals surface area contributed by atoms with Crippen molar-refractivity contribution in [2.75, 3.05) is 16.8 Å². The normalized spacial score (nSPS) is 10.5.